The average Bonchev–Trinajstić information content (AvgIpc) is 2.98. The van der Waals surface area contributed by atoms with E-state index in [4.69, 9.17) is 0 Å². The Hall–Kier alpha value is -2.87. The number of piperidine rings is 1. The van der Waals surface area contributed by atoms with Crippen LogP contribution in [0.5, 0.6) is 0 Å². The van der Waals surface area contributed by atoms with Crippen LogP contribution in [0.25, 0.3) is 0 Å². The highest BCUT2D eigenvalue weighted by atomic mass is 32.2. The number of fused-ring (bicyclic) bond motifs is 1. The highest BCUT2D eigenvalue weighted by Gasteiger charge is 2.30. The first-order chi connectivity index (χ1) is 13.5. The molecule has 146 valence electrons. The van der Waals surface area contributed by atoms with Gasteiger partial charge in [0.1, 0.15) is 12.4 Å². The van der Waals surface area contributed by atoms with Crippen LogP contribution in [0, 0.1) is 0 Å². The van der Waals surface area contributed by atoms with E-state index in [1.54, 1.807) is 18.2 Å². The van der Waals surface area contributed by atoms with Crippen LogP contribution in [-0.4, -0.2) is 39.8 Å². The zero-order valence-corrected chi connectivity index (χ0v) is 16.2. The van der Waals surface area contributed by atoms with Crippen molar-refractivity contribution in [2.24, 2.45) is 4.99 Å². The molecule has 1 amide bonds. The number of carbonyl (C=O) groups is 1. The minimum Gasteiger partial charge on any atom is -0.372 e. The van der Waals surface area contributed by atoms with Crippen LogP contribution in [0.1, 0.15) is 24.8 Å². The predicted octanol–water partition coefficient (Wildman–Crippen LogP) is 2.35. The third-order valence-electron chi connectivity index (χ3n) is 4.92. The number of hydrogen-bond donors (Lipinski definition) is 2. The SMILES string of the molecule is O=C(CN=C1NS(=O)(=O)c2ccccc21)Nc1ccc(N2CCCCC2)cc1. The molecule has 2 aliphatic rings. The molecule has 7 nitrogen and oxygen atoms in total. The van der Waals surface area contributed by atoms with E-state index in [0.29, 0.717) is 11.3 Å². The Morgan fingerprint density at radius 3 is 2.50 bits per heavy atom. The topological polar surface area (TPSA) is 90.9 Å². The molecule has 28 heavy (non-hydrogen) atoms. The monoisotopic (exact) mass is 398 g/mol. The Kier molecular flexibility index (Phi) is 5.04. The number of carbonyl (C=O) groups excluding carboxylic acids is 1. The van der Waals surface area contributed by atoms with Crippen molar-refractivity contribution in [3.63, 3.8) is 0 Å². The fraction of sp³-hybridized carbons (Fsp3) is 0.300. The molecule has 2 heterocycles. The summed E-state index contributed by atoms with van der Waals surface area (Å²) in [6.45, 7) is 1.97. The van der Waals surface area contributed by atoms with Gasteiger partial charge in [0.15, 0.2) is 0 Å². The molecule has 0 spiro atoms. The van der Waals surface area contributed by atoms with Gasteiger partial charge in [-0.3, -0.25) is 14.5 Å². The first-order valence-corrected chi connectivity index (χ1v) is 10.8. The molecule has 2 N–H and O–H groups in total. The Morgan fingerprint density at radius 1 is 1.04 bits per heavy atom. The smallest absolute Gasteiger partial charge is 0.263 e. The van der Waals surface area contributed by atoms with Crippen molar-refractivity contribution in [3.8, 4) is 0 Å². The standard InChI is InChI=1S/C20H22N4O3S/c25-19(14-21-20-17-6-2-3-7-18(17)28(26,27)23-20)22-15-8-10-16(11-9-15)24-12-4-1-5-13-24/h2-3,6-11H,1,4-5,12-14H2,(H,21,23)(H,22,25). The molecule has 1 fully saturated rings. The molecule has 0 aromatic heterocycles. The summed E-state index contributed by atoms with van der Waals surface area (Å²) >= 11 is 0. The molecule has 2 aromatic rings. The number of amidine groups is 1. The highest BCUT2D eigenvalue weighted by Crippen LogP contribution is 2.23. The maximum atomic E-state index is 12.2. The second-order valence-electron chi connectivity index (χ2n) is 6.91. The van der Waals surface area contributed by atoms with Crippen LogP contribution >= 0.6 is 0 Å². The third-order valence-corrected chi connectivity index (χ3v) is 6.31. The van der Waals surface area contributed by atoms with E-state index in [1.807, 2.05) is 24.3 Å². The zero-order chi connectivity index (χ0) is 19.6. The Bertz CT molecular complexity index is 1010. The van der Waals surface area contributed by atoms with Crippen molar-refractivity contribution < 1.29 is 13.2 Å². The number of hydrogen-bond acceptors (Lipinski definition) is 5. The summed E-state index contributed by atoms with van der Waals surface area (Å²) in [4.78, 5) is 18.9. The molecule has 2 aliphatic heterocycles. The Morgan fingerprint density at radius 2 is 1.75 bits per heavy atom. The summed E-state index contributed by atoms with van der Waals surface area (Å²) in [5.41, 5.74) is 2.34. The van der Waals surface area contributed by atoms with E-state index in [9.17, 15) is 13.2 Å². The quantitative estimate of drug-likeness (QED) is 0.827. The summed E-state index contributed by atoms with van der Waals surface area (Å²) < 4.78 is 26.5. The summed E-state index contributed by atoms with van der Waals surface area (Å²) in [5, 5.41) is 2.80. The number of rotatable bonds is 4. The molecular weight excluding hydrogens is 376 g/mol. The van der Waals surface area contributed by atoms with Crippen molar-refractivity contribution in [2.75, 3.05) is 29.9 Å². The zero-order valence-electron chi connectivity index (χ0n) is 15.4. The van der Waals surface area contributed by atoms with Crippen molar-refractivity contribution >= 4 is 33.1 Å². The van der Waals surface area contributed by atoms with Crippen molar-refractivity contribution in [1.29, 1.82) is 0 Å². The lowest BCUT2D eigenvalue weighted by Gasteiger charge is -2.28. The summed E-state index contributed by atoms with van der Waals surface area (Å²) in [7, 11) is -3.59. The number of aliphatic imine (C=N–C) groups is 1. The van der Waals surface area contributed by atoms with Gasteiger partial charge in [-0.15, -0.1) is 0 Å². The number of benzene rings is 2. The second kappa shape index (κ2) is 7.63. The Labute approximate surface area is 164 Å². The van der Waals surface area contributed by atoms with Crippen LogP contribution in [0.3, 0.4) is 0 Å². The molecule has 0 unspecified atom stereocenters. The molecule has 0 aliphatic carbocycles. The lowest BCUT2D eigenvalue weighted by molar-refractivity contribution is -0.114. The number of sulfonamides is 1. The summed E-state index contributed by atoms with van der Waals surface area (Å²) in [6.07, 6.45) is 3.71. The van der Waals surface area contributed by atoms with Crippen molar-refractivity contribution in [2.45, 2.75) is 24.2 Å². The van der Waals surface area contributed by atoms with Gasteiger partial charge in [-0.05, 0) is 55.7 Å². The van der Waals surface area contributed by atoms with Crippen LogP contribution in [0.2, 0.25) is 0 Å². The van der Waals surface area contributed by atoms with Gasteiger partial charge in [0.05, 0.1) is 4.90 Å². The first kappa shape index (κ1) is 18.5. The minimum absolute atomic E-state index is 0.167. The van der Waals surface area contributed by atoms with Gasteiger partial charge in [0.2, 0.25) is 5.91 Å². The molecule has 0 radical (unpaired) electrons. The highest BCUT2D eigenvalue weighted by molar-refractivity contribution is 7.90. The summed E-state index contributed by atoms with van der Waals surface area (Å²) in [6, 6.07) is 14.3. The lowest BCUT2D eigenvalue weighted by Crippen LogP contribution is -2.29. The van der Waals surface area contributed by atoms with Gasteiger partial charge in [0, 0.05) is 30.0 Å². The van der Waals surface area contributed by atoms with Gasteiger partial charge in [-0.25, -0.2) is 8.42 Å². The fourth-order valence-corrected chi connectivity index (χ4v) is 4.76. The average molecular weight is 398 g/mol. The third kappa shape index (κ3) is 3.87. The predicted molar refractivity (Wildman–Crippen MR) is 109 cm³/mol. The van der Waals surface area contributed by atoms with E-state index in [0.717, 1.165) is 18.8 Å². The molecule has 0 atom stereocenters. The second-order valence-corrected chi connectivity index (χ2v) is 8.56. The van der Waals surface area contributed by atoms with Gasteiger partial charge < -0.3 is 10.2 Å². The van der Waals surface area contributed by atoms with Crippen molar-refractivity contribution in [3.05, 3.63) is 54.1 Å². The molecular formula is C20H22N4O3S. The largest absolute Gasteiger partial charge is 0.372 e. The maximum Gasteiger partial charge on any atom is 0.263 e. The number of amides is 1. The molecule has 4 rings (SSSR count). The number of nitrogens with zero attached hydrogens (tertiary/aromatic N) is 2. The minimum atomic E-state index is -3.59. The first-order valence-electron chi connectivity index (χ1n) is 9.34. The van der Waals surface area contributed by atoms with Gasteiger partial charge in [-0.2, -0.15) is 0 Å². The van der Waals surface area contributed by atoms with E-state index in [1.165, 1.54) is 25.3 Å². The Balaban J connectivity index is 1.39. The van der Waals surface area contributed by atoms with E-state index >= 15 is 0 Å². The van der Waals surface area contributed by atoms with Gasteiger partial charge in [-0.1, -0.05) is 12.1 Å². The van der Waals surface area contributed by atoms with E-state index in [-0.39, 0.29) is 23.2 Å². The fourth-order valence-electron chi connectivity index (χ4n) is 3.51. The van der Waals surface area contributed by atoms with Gasteiger partial charge >= 0.3 is 0 Å². The lowest BCUT2D eigenvalue weighted by atomic mass is 10.1. The molecule has 2 aromatic carbocycles. The molecule has 1 saturated heterocycles. The van der Waals surface area contributed by atoms with Crippen molar-refractivity contribution in [1.82, 2.24) is 4.72 Å². The summed E-state index contributed by atoms with van der Waals surface area (Å²) in [5.74, 6) is -0.104. The van der Waals surface area contributed by atoms with Crippen LogP contribution < -0.4 is 14.9 Å². The molecule has 8 heteroatoms. The van der Waals surface area contributed by atoms with Crippen LogP contribution in [0.15, 0.2) is 58.4 Å². The molecule has 0 saturated carbocycles. The number of anilines is 2. The van der Waals surface area contributed by atoms with Crippen LogP contribution in [0.4, 0.5) is 11.4 Å². The van der Waals surface area contributed by atoms with Gasteiger partial charge in [0.25, 0.3) is 10.0 Å². The molecule has 0 bridgehead atoms. The normalized spacial score (nSPS) is 19.1. The van der Waals surface area contributed by atoms with E-state index in [2.05, 4.69) is 19.9 Å². The van der Waals surface area contributed by atoms with Crippen LogP contribution in [-0.2, 0) is 14.8 Å². The maximum absolute atomic E-state index is 12.2. The van der Waals surface area contributed by atoms with E-state index < -0.39 is 10.0 Å². The number of nitrogens with one attached hydrogen (secondary N) is 2.